The quantitative estimate of drug-likeness (QED) is 0.662. The molecule has 0 aromatic heterocycles. The molecule has 1 atom stereocenters. The molecule has 6 nitrogen and oxygen atoms in total. The lowest BCUT2D eigenvalue weighted by Crippen LogP contribution is -2.54. The van der Waals surface area contributed by atoms with Crippen molar-refractivity contribution in [2.75, 3.05) is 17.9 Å². The number of alkyl carbamates (subject to hydrolysis) is 1. The molecule has 13 heteroatoms. The van der Waals surface area contributed by atoms with Crippen LogP contribution < -0.4 is 10.3 Å². The van der Waals surface area contributed by atoms with Crippen LogP contribution in [0.2, 0.25) is 0 Å². The van der Waals surface area contributed by atoms with Crippen molar-refractivity contribution in [1.82, 2.24) is 10.3 Å². The molecule has 0 aliphatic carbocycles. The molecule has 1 unspecified atom stereocenters. The molecule has 2 amide bonds. The van der Waals surface area contributed by atoms with Gasteiger partial charge in [-0.15, -0.1) is 0 Å². The minimum Gasteiger partial charge on any atom is -0.425 e. The fraction of sp³-hybridized carbons (Fsp3) is 0.529. The highest BCUT2D eigenvalue weighted by molar-refractivity contribution is 8.00. The summed E-state index contributed by atoms with van der Waals surface area (Å²) in [4.78, 5) is 24.7. The van der Waals surface area contributed by atoms with Gasteiger partial charge in [-0.05, 0) is 39.0 Å². The summed E-state index contributed by atoms with van der Waals surface area (Å²) < 4.78 is 83.9. The van der Waals surface area contributed by atoms with E-state index in [9.17, 15) is 35.9 Å². The summed E-state index contributed by atoms with van der Waals surface area (Å²) in [5.74, 6) is -1.03. The van der Waals surface area contributed by atoms with Crippen LogP contribution in [0.5, 0.6) is 0 Å². The molecule has 168 valence electrons. The van der Waals surface area contributed by atoms with E-state index in [1.54, 1.807) is 20.8 Å². The zero-order valence-corrected chi connectivity index (χ0v) is 17.1. The number of rotatable bonds is 2. The van der Waals surface area contributed by atoms with Crippen molar-refractivity contribution >= 4 is 29.4 Å². The number of halogens is 6. The van der Waals surface area contributed by atoms with E-state index >= 15 is 0 Å². The molecule has 1 saturated heterocycles. The molecule has 0 bridgehead atoms. The summed E-state index contributed by atoms with van der Waals surface area (Å²) in [5.41, 5.74) is -5.90. The van der Waals surface area contributed by atoms with Gasteiger partial charge >= 0.3 is 18.4 Å². The van der Waals surface area contributed by atoms with Gasteiger partial charge in [-0.3, -0.25) is 4.79 Å². The average Bonchev–Trinajstić information content (AvgIpc) is 2.54. The summed E-state index contributed by atoms with van der Waals surface area (Å²) in [6, 6.07) is 0.843. The van der Waals surface area contributed by atoms with E-state index in [-0.39, 0.29) is 11.9 Å². The first kappa shape index (κ1) is 24.1. The highest BCUT2D eigenvalue weighted by atomic mass is 32.2. The molecule has 30 heavy (non-hydrogen) atoms. The lowest BCUT2D eigenvalue weighted by Gasteiger charge is -2.39. The predicted octanol–water partition coefficient (Wildman–Crippen LogP) is 4.46. The Hall–Kier alpha value is -2.15. The minimum absolute atomic E-state index is 0.0303. The second-order valence-corrected chi connectivity index (χ2v) is 8.50. The third-order valence-corrected chi connectivity index (χ3v) is 4.80. The van der Waals surface area contributed by atoms with Gasteiger partial charge in [0, 0.05) is 12.6 Å². The first-order valence-electron chi connectivity index (χ1n) is 8.44. The second kappa shape index (κ2) is 8.17. The Morgan fingerprint density at radius 2 is 1.57 bits per heavy atom. The fourth-order valence-electron chi connectivity index (χ4n) is 2.48. The number of anilines is 1. The summed E-state index contributed by atoms with van der Waals surface area (Å²) >= 11 is 0.859. The Morgan fingerprint density at radius 3 is 2.00 bits per heavy atom. The molecular weight excluding hydrogens is 440 g/mol. The molecule has 1 aliphatic rings. The van der Waals surface area contributed by atoms with Crippen molar-refractivity contribution in [3.8, 4) is 0 Å². The van der Waals surface area contributed by atoms with Gasteiger partial charge in [-0.25, -0.2) is 14.8 Å². The van der Waals surface area contributed by atoms with Gasteiger partial charge in [-0.2, -0.15) is 26.3 Å². The number of carbonyl (C=O) groups is 2. The monoisotopic (exact) mass is 459 g/mol. The van der Waals surface area contributed by atoms with E-state index in [0.717, 1.165) is 16.8 Å². The first-order valence-corrected chi connectivity index (χ1v) is 9.49. The molecule has 0 spiro atoms. The van der Waals surface area contributed by atoms with Gasteiger partial charge in [0.1, 0.15) is 0 Å². The SMILES string of the molecule is CN1CSC(OC(=O)NC(C)(C)C)C(=O)N1c1cc(C(F)(F)F)cc(C(F)(F)F)c1. The Labute approximate surface area is 172 Å². The zero-order chi connectivity index (χ0) is 23.1. The minimum atomic E-state index is -5.06. The van der Waals surface area contributed by atoms with Crippen LogP contribution in [0.1, 0.15) is 31.9 Å². The highest BCUT2D eigenvalue weighted by Crippen LogP contribution is 2.39. The van der Waals surface area contributed by atoms with Gasteiger partial charge < -0.3 is 10.1 Å². The van der Waals surface area contributed by atoms with Gasteiger partial charge in [0.05, 0.1) is 22.7 Å². The van der Waals surface area contributed by atoms with Gasteiger partial charge in [0.25, 0.3) is 5.91 Å². The number of benzene rings is 1. The highest BCUT2D eigenvalue weighted by Gasteiger charge is 2.41. The Balaban J connectivity index is 2.41. The number of amides is 2. The molecule has 0 saturated carbocycles. The normalized spacial score (nSPS) is 19.1. The van der Waals surface area contributed by atoms with Crippen LogP contribution in [0.25, 0.3) is 0 Å². The lowest BCUT2D eigenvalue weighted by atomic mass is 10.1. The predicted molar refractivity (Wildman–Crippen MR) is 97.3 cm³/mol. The standard InChI is InChI=1S/C17H19F6N3O3S/c1-15(2,3)24-14(28)29-13-12(27)26(25(4)8-30-13)11-6-9(16(18,19)20)5-10(7-11)17(21,22)23/h5-7,13H,8H2,1-4H3,(H,24,28). The van der Waals surface area contributed by atoms with Crippen LogP contribution in [0.4, 0.5) is 36.8 Å². The summed E-state index contributed by atoms with van der Waals surface area (Å²) in [5, 5.41) is 4.22. The number of ether oxygens (including phenoxy) is 1. The Bertz CT molecular complexity index is 790. The summed E-state index contributed by atoms with van der Waals surface area (Å²) in [6.45, 7) is 4.97. The van der Waals surface area contributed by atoms with Crippen molar-refractivity contribution in [2.24, 2.45) is 0 Å². The van der Waals surface area contributed by atoms with Gasteiger partial charge in [0.15, 0.2) is 0 Å². The second-order valence-electron chi connectivity index (χ2n) is 7.48. The number of thioether (sulfide) groups is 1. The molecular formula is C17H19F6N3O3S. The third kappa shape index (κ3) is 5.94. The fourth-order valence-corrected chi connectivity index (χ4v) is 3.34. The van der Waals surface area contributed by atoms with Crippen molar-refractivity contribution < 1.29 is 40.7 Å². The smallest absolute Gasteiger partial charge is 0.416 e. The first-order chi connectivity index (χ1) is 13.5. The Kier molecular flexibility index (Phi) is 6.57. The van der Waals surface area contributed by atoms with Crippen LogP contribution in [0, 0.1) is 0 Å². The van der Waals surface area contributed by atoms with Crippen LogP contribution in [-0.2, 0) is 21.9 Å². The summed E-state index contributed by atoms with van der Waals surface area (Å²) in [7, 11) is 1.31. The van der Waals surface area contributed by atoms with Crippen molar-refractivity contribution in [3.63, 3.8) is 0 Å². The number of nitrogens with zero attached hydrogens (tertiary/aromatic N) is 2. The molecule has 0 radical (unpaired) electrons. The maximum Gasteiger partial charge on any atom is 0.416 e. The third-order valence-electron chi connectivity index (χ3n) is 3.67. The van der Waals surface area contributed by atoms with E-state index in [4.69, 9.17) is 4.74 Å². The maximum absolute atomic E-state index is 13.1. The number of nitrogens with one attached hydrogen (secondary N) is 1. The van der Waals surface area contributed by atoms with Crippen molar-refractivity contribution in [3.05, 3.63) is 29.3 Å². The lowest BCUT2D eigenvalue weighted by molar-refractivity contribution is -0.143. The number of hydrazine groups is 1. The van der Waals surface area contributed by atoms with Gasteiger partial charge in [0.2, 0.25) is 5.44 Å². The molecule has 1 aromatic rings. The number of carbonyl (C=O) groups excluding carboxylic acids is 2. The maximum atomic E-state index is 13.1. The van der Waals surface area contributed by atoms with E-state index in [2.05, 4.69) is 5.32 Å². The molecule has 1 N–H and O–H groups in total. The van der Waals surface area contributed by atoms with E-state index in [1.807, 2.05) is 0 Å². The summed E-state index contributed by atoms with van der Waals surface area (Å²) in [6.07, 6.45) is -11.1. The largest absolute Gasteiger partial charge is 0.425 e. The van der Waals surface area contributed by atoms with Crippen LogP contribution in [-0.4, -0.2) is 40.9 Å². The van der Waals surface area contributed by atoms with E-state index in [0.29, 0.717) is 17.1 Å². The van der Waals surface area contributed by atoms with Crippen LogP contribution in [0.3, 0.4) is 0 Å². The zero-order valence-electron chi connectivity index (χ0n) is 16.3. The van der Waals surface area contributed by atoms with Crippen LogP contribution >= 0.6 is 11.8 Å². The number of alkyl halides is 6. The molecule has 1 aromatic carbocycles. The number of hydrogen-bond donors (Lipinski definition) is 1. The number of hydrogen-bond acceptors (Lipinski definition) is 5. The van der Waals surface area contributed by atoms with E-state index < -0.39 is 52.1 Å². The molecule has 1 fully saturated rings. The van der Waals surface area contributed by atoms with Crippen molar-refractivity contribution in [1.29, 1.82) is 0 Å². The van der Waals surface area contributed by atoms with E-state index in [1.165, 1.54) is 7.05 Å². The molecule has 1 heterocycles. The van der Waals surface area contributed by atoms with Gasteiger partial charge in [-0.1, -0.05) is 11.8 Å². The molecule has 1 aliphatic heterocycles. The van der Waals surface area contributed by atoms with Crippen molar-refractivity contribution in [2.45, 2.75) is 44.1 Å². The molecule has 2 rings (SSSR count). The topological polar surface area (TPSA) is 61.9 Å². The Morgan fingerprint density at radius 1 is 1.07 bits per heavy atom. The van der Waals surface area contributed by atoms with Crippen LogP contribution in [0.15, 0.2) is 18.2 Å². The average molecular weight is 459 g/mol.